The van der Waals surface area contributed by atoms with Crippen molar-refractivity contribution in [2.24, 2.45) is 0 Å². The number of likely N-dealkylation sites (N-methyl/N-ethyl adjacent to an activating group) is 1. The van der Waals surface area contributed by atoms with Crippen molar-refractivity contribution in [3.05, 3.63) is 62.6 Å². The van der Waals surface area contributed by atoms with Gasteiger partial charge in [0, 0.05) is 13.1 Å². The van der Waals surface area contributed by atoms with Crippen molar-refractivity contribution in [2.75, 3.05) is 34.3 Å². The summed E-state index contributed by atoms with van der Waals surface area (Å²) in [6, 6.07) is 6.82. The summed E-state index contributed by atoms with van der Waals surface area (Å²) in [5, 5.41) is 21.4. The lowest BCUT2D eigenvalue weighted by molar-refractivity contribution is -0.140. The van der Waals surface area contributed by atoms with Crippen LogP contribution in [-0.4, -0.2) is 66.0 Å². The van der Waals surface area contributed by atoms with Gasteiger partial charge in [-0.25, -0.2) is 0 Å². The third kappa shape index (κ3) is 4.41. The molecule has 1 atom stereocenters. The van der Waals surface area contributed by atoms with Crippen molar-refractivity contribution in [3.63, 3.8) is 0 Å². The van der Waals surface area contributed by atoms with Gasteiger partial charge in [-0.05, 0) is 56.4 Å². The fraction of sp³-hybridized carbons (Fsp3) is 0.304. The molecule has 170 valence electrons. The topological polar surface area (TPSA) is 90.3 Å². The zero-order chi connectivity index (χ0) is 23.7. The number of nitrogens with zero attached hydrogens (tertiary/aromatic N) is 2. The standard InChI is InChI=1S/C23H24Cl2N2O5/c1-12-9-14(22(32-4)16(25)10-12)20(29)18-19(13-5-6-17(28)15(24)11-13)27(8-7-26(2)3)23(31)21(18)30/h5-6,9-11,19,28-29H,7-8H2,1-4H3/b20-18+. The van der Waals surface area contributed by atoms with Crippen LogP contribution in [0.2, 0.25) is 10.0 Å². The van der Waals surface area contributed by atoms with E-state index in [0.717, 1.165) is 5.56 Å². The number of benzene rings is 2. The Hall–Kier alpha value is -2.74. The Kier molecular flexibility index (Phi) is 7.03. The number of ketones is 1. The second-order valence-corrected chi connectivity index (χ2v) is 8.65. The quantitative estimate of drug-likeness (QED) is 0.370. The average molecular weight is 479 g/mol. The Labute approximate surface area is 196 Å². The van der Waals surface area contributed by atoms with Crippen LogP contribution in [0, 0.1) is 6.92 Å². The van der Waals surface area contributed by atoms with Gasteiger partial charge in [0.05, 0.1) is 34.3 Å². The predicted molar refractivity (Wildman–Crippen MR) is 123 cm³/mol. The number of hydrogen-bond donors (Lipinski definition) is 2. The van der Waals surface area contributed by atoms with E-state index in [2.05, 4.69) is 0 Å². The fourth-order valence-corrected chi connectivity index (χ4v) is 4.26. The van der Waals surface area contributed by atoms with E-state index in [-0.39, 0.29) is 39.2 Å². The van der Waals surface area contributed by atoms with Gasteiger partial charge in [-0.1, -0.05) is 29.3 Å². The normalized spacial score (nSPS) is 18.0. The number of likely N-dealkylation sites (tertiary alicyclic amines) is 1. The molecule has 1 unspecified atom stereocenters. The van der Waals surface area contributed by atoms with E-state index >= 15 is 0 Å². The highest BCUT2D eigenvalue weighted by Gasteiger charge is 2.46. The Bertz CT molecular complexity index is 1110. The van der Waals surface area contributed by atoms with E-state index in [9.17, 15) is 19.8 Å². The van der Waals surface area contributed by atoms with Gasteiger partial charge in [0.2, 0.25) is 0 Å². The molecule has 1 heterocycles. The third-order valence-electron chi connectivity index (χ3n) is 5.26. The van der Waals surface area contributed by atoms with Gasteiger partial charge in [-0.3, -0.25) is 9.59 Å². The first-order chi connectivity index (χ1) is 15.1. The molecule has 1 amide bonds. The minimum atomic E-state index is -0.906. The van der Waals surface area contributed by atoms with Gasteiger partial charge in [0.15, 0.2) is 0 Å². The summed E-state index contributed by atoms with van der Waals surface area (Å²) in [5.74, 6) is -1.90. The van der Waals surface area contributed by atoms with Crippen molar-refractivity contribution in [1.82, 2.24) is 9.80 Å². The van der Waals surface area contributed by atoms with Crippen LogP contribution in [0.25, 0.3) is 5.76 Å². The number of amides is 1. The van der Waals surface area contributed by atoms with Gasteiger partial charge in [0.25, 0.3) is 11.7 Å². The molecule has 1 aliphatic rings. The van der Waals surface area contributed by atoms with E-state index < -0.39 is 23.5 Å². The van der Waals surface area contributed by atoms with Crippen LogP contribution in [0.15, 0.2) is 35.9 Å². The number of methoxy groups -OCH3 is 1. The molecule has 0 bridgehead atoms. The molecular weight excluding hydrogens is 455 g/mol. The van der Waals surface area contributed by atoms with Crippen LogP contribution < -0.4 is 4.74 Å². The number of aliphatic hydroxyl groups is 1. The molecule has 0 aliphatic carbocycles. The summed E-state index contributed by atoms with van der Waals surface area (Å²) < 4.78 is 5.36. The molecule has 2 N–H and O–H groups in total. The fourth-order valence-electron chi connectivity index (χ4n) is 3.72. The SMILES string of the molecule is COc1c(Cl)cc(C)cc1/C(O)=C1\C(=O)C(=O)N(CCN(C)C)C1c1ccc(O)c(Cl)c1. The number of hydrogen-bond acceptors (Lipinski definition) is 6. The molecule has 0 spiro atoms. The number of phenolic OH excluding ortho intramolecular Hbond substituents is 1. The van der Waals surface area contributed by atoms with Gasteiger partial charge < -0.3 is 24.7 Å². The van der Waals surface area contributed by atoms with Crippen LogP contribution in [0.5, 0.6) is 11.5 Å². The smallest absolute Gasteiger partial charge is 0.295 e. The molecule has 3 rings (SSSR count). The lowest BCUT2D eigenvalue weighted by Crippen LogP contribution is -2.35. The first-order valence-electron chi connectivity index (χ1n) is 9.82. The average Bonchev–Trinajstić information content (AvgIpc) is 2.97. The van der Waals surface area contributed by atoms with Crippen LogP contribution >= 0.6 is 23.2 Å². The largest absolute Gasteiger partial charge is 0.507 e. The second kappa shape index (κ2) is 9.40. The van der Waals surface area contributed by atoms with Gasteiger partial charge >= 0.3 is 0 Å². The number of Topliss-reactive ketones (excluding diaryl/α,β-unsaturated/α-hetero) is 1. The molecule has 2 aromatic carbocycles. The molecule has 32 heavy (non-hydrogen) atoms. The molecule has 1 saturated heterocycles. The van der Waals surface area contributed by atoms with Crippen LogP contribution in [-0.2, 0) is 9.59 Å². The number of ether oxygens (including phenoxy) is 1. The Balaban J connectivity index is 2.27. The lowest BCUT2D eigenvalue weighted by atomic mass is 9.94. The summed E-state index contributed by atoms with van der Waals surface area (Å²) in [5.41, 5.74) is 1.32. The maximum absolute atomic E-state index is 13.1. The van der Waals surface area contributed by atoms with Crippen LogP contribution in [0.4, 0.5) is 0 Å². The number of halogens is 2. The highest BCUT2D eigenvalue weighted by molar-refractivity contribution is 6.46. The van der Waals surface area contributed by atoms with E-state index in [0.29, 0.717) is 12.1 Å². The number of carbonyl (C=O) groups is 2. The number of rotatable bonds is 6. The number of aryl methyl sites for hydroxylation is 1. The molecule has 7 nitrogen and oxygen atoms in total. The van der Waals surface area contributed by atoms with Gasteiger partial charge in [-0.2, -0.15) is 0 Å². The maximum atomic E-state index is 13.1. The minimum Gasteiger partial charge on any atom is -0.507 e. The molecule has 0 saturated carbocycles. The Morgan fingerprint density at radius 2 is 1.84 bits per heavy atom. The minimum absolute atomic E-state index is 0.0666. The van der Waals surface area contributed by atoms with Crippen molar-refractivity contribution >= 4 is 40.7 Å². The van der Waals surface area contributed by atoms with Crippen molar-refractivity contribution in [2.45, 2.75) is 13.0 Å². The summed E-state index contributed by atoms with van der Waals surface area (Å²) in [7, 11) is 5.10. The molecule has 1 aliphatic heterocycles. The van der Waals surface area contributed by atoms with Crippen LogP contribution in [0.1, 0.15) is 22.7 Å². The monoisotopic (exact) mass is 478 g/mol. The van der Waals surface area contributed by atoms with Gasteiger partial charge in [-0.15, -0.1) is 0 Å². The van der Waals surface area contributed by atoms with E-state index in [1.165, 1.54) is 24.1 Å². The van der Waals surface area contributed by atoms with E-state index in [1.807, 2.05) is 19.0 Å². The summed E-state index contributed by atoms with van der Waals surface area (Å²) in [6.07, 6.45) is 0. The zero-order valence-electron chi connectivity index (χ0n) is 18.1. The Morgan fingerprint density at radius 1 is 1.16 bits per heavy atom. The molecule has 0 radical (unpaired) electrons. The molecule has 2 aromatic rings. The first-order valence-corrected chi connectivity index (χ1v) is 10.6. The Morgan fingerprint density at radius 3 is 2.44 bits per heavy atom. The van der Waals surface area contributed by atoms with Crippen molar-refractivity contribution in [1.29, 1.82) is 0 Å². The maximum Gasteiger partial charge on any atom is 0.295 e. The highest BCUT2D eigenvalue weighted by atomic mass is 35.5. The van der Waals surface area contributed by atoms with Gasteiger partial charge in [0.1, 0.15) is 17.3 Å². The van der Waals surface area contributed by atoms with E-state index in [4.69, 9.17) is 27.9 Å². The zero-order valence-corrected chi connectivity index (χ0v) is 19.7. The van der Waals surface area contributed by atoms with E-state index in [1.54, 1.807) is 25.1 Å². The number of carbonyl (C=O) groups excluding carboxylic acids is 2. The lowest BCUT2D eigenvalue weighted by Gasteiger charge is -2.27. The van der Waals surface area contributed by atoms with Crippen LogP contribution in [0.3, 0.4) is 0 Å². The predicted octanol–water partition coefficient (Wildman–Crippen LogP) is 4.00. The third-order valence-corrected chi connectivity index (χ3v) is 5.85. The highest BCUT2D eigenvalue weighted by Crippen LogP contribution is 2.43. The van der Waals surface area contributed by atoms with Crippen molar-refractivity contribution in [3.8, 4) is 11.5 Å². The summed E-state index contributed by atoms with van der Waals surface area (Å²) >= 11 is 12.4. The molecule has 9 heteroatoms. The number of aromatic hydroxyl groups is 1. The summed E-state index contributed by atoms with van der Waals surface area (Å²) in [4.78, 5) is 29.3. The number of phenols is 1. The first kappa shape index (κ1) is 23.9. The number of aliphatic hydroxyl groups excluding tert-OH is 1. The second-order valence-electron chi connectivity index (χ2n) is 7.83. The molecular formula is C23H24Cl2N2O5. The molecule has 0 aromatic heterocycles. The van der Waals surface area contributed by atoms with Crippen molar-refractivity contribution < 1.29 is 24.5 Å². The molecule has 1 fully saturated rings. The summed E-state index contributed by atoms with van der Waals surface area (Å²) in [6.45, 7) is 2.52.